The Bertz CT molecular complexity index is 886. The molecule has 0 atom stereocenters. The Morgan fingerprint density at radius 2 is 1.62 bits per heavy atom. The Kier molecular flexibility index (Phi) is 2.57. The summed E-state index contributed by atoms with van der Waals surface area (Å²) in [5.41, 5.74) is 2.12. The monoisotopic (exact) mass is 315 g/mol. The average molecular weight is 316 g/mol. The molecule has 2 heterocycles. The van der Waals surface area contributed by atoms with E-state index in [0.29, 0.717) is 32.9 Å². The molecule has 2 amide bonds. The predicted octanol–water partition coefficient (Wildman–Crippen LogP) is 3.15. The molecule has 2 aromatic carbocycles. The number of aromatic nitrogens is 2. The number of amides is 2. The third kappa shape index (κ3) is 1.63. The second kappa shape index (κ2) is 4.34. The summed E-state index contributed by atoms with van der Waals surface area (Å²) < 4.78 is 8.27. The van der Waals surface area contributed by atoms with Crippen molar-refractivity contribution >= 4 is 51.9 Å². The van der Waals surface area contributed by atoms with Gasteiger partial charge in [-0.25, -0.2) is 4.90 Å². The second-order valence-electron chi connectivity index (χ2n) is 4.52. The van der Waals surface area contributed by atoms with Gasteiger partial charge in [-0.05, 0) is 24.3 Å². The molecule has 4 rings (SSSR count). The van der Waals surface area contributed by atoms with Gasteiger partial charge in [-0.15, -0.1) is 0 Å². The maximum atomic E-state index is 12.5. The fourth-order valence-corrected chi connectivity index (χ4v) is 3.19. The predicted molar refractivity (Wildman–Crippen MR) is 80.0 cm³/mol. The summed E-state index contributed by atoms with van der Waals surface area (Å²) in [6, 6.07) is 10.0. The standard InChI is InChI=1S/C14H6ClN3O2S/c15-9-5-6-10-11(17-21-16-10)12(9)18-13(19)7-3-1-2-4-8(7)14(18)20/h1-6H. The molecule has 0 saturated carbocycles. The molecule has 1 aliphatic rings. The molecule has 0 spiro atoms. The molecule has 0 bridgehead atoms. The summed E-state index contributed by atoms with van der Waals surface area (Å²) in [4.78, 5) is 26.1. The summed E-state index contributed by atoms with van der Waals surface area (Å²) in [6.07, 6.45) is 0. The minimum atomic E-state index is -0.391. The van der Waals surface area contributed by atoms with E-state index in [0.717, 1.165) is 16.6 Å². The van der Waals surface area contributed by atoms with Crippen molar-refractivity contribution < 1.29 is 9.59 Å². The van der Waals surface area contributed by atoms with Crippen LogP contribution in [0.15, 0.2) is 36.4 Å². The van der Waals surface area contributed by atoms with Crippen LogP contribution in [0.25, 0.3) is 11.0 Å². The third-order valence-electron chi connectivity index (χ3n) is 3.37. The van der Waals surface area contributed by atoms with Gasteiger partial charge in [0.2, 0.25) is 0 Å². The number of anilines is 1. The van der Waals surface area contributed by atoms with Crippen molar-refractivity contribution in [2.24, 2.45) is 0 Å². The molecule has 0 fully saturated rings. The number of nitrogens with zero attached hydrogens (tertiary/aromatic N) is 3. The number of hydrogen-bond donors (Lipinski definition) is 0. The van der Waals surface area contributed by atoms with Crippen molar-refractivity contribution in [1.29, 1.82) is 0 Å². The molecule has 0 unspecified atom stereocenters. The van der Waals surface area contributed by atoms with Crippen LogP contribution in [0.5, 0.6) is 0 Å². The minimum Gasteiger partial charge on any atom is -0.268 e. The van der Waals surface area contributed by atoms with E-state index in [9.17, 15) is 9.59 Å². The zero-order valence-corrected chi connectivity index (χ0v) is 12.0. The Labute approximate surface area is 128 Å². The topological polar surface area (TPSA) is 63.2 Å². The molecule has 0 saturated heterocycles. The number of carbonyl (C=O) groups excluding carboxylic acids is 2. The van der Waals surface area contributed by atoms with Crippen molar-refractivity contribution in [3.8, 4) is 0 Å². The number of fused-ring (bicyclic) bond motifs is 2. The largest absolute Gasteiger partial charge is 0.268 e. The first kappa shape index (κ1) is 12.4. The fraction of sp³-hybridized carbons (Fsp3) is 0. The molecule has 0 N–H and O–H groups in total. The average Bonchev–Trinajstić information content (AvgIpc) is 3.06. The van der Waals surface area contributed by atoms with Crippen LogP contribution in [0.3, 0.4) is 0 Å². The van der Waals surface area contributed by atoms with Crippen LogP contribution in [-0.2, 0) is 0 Å². The van der Waals surface area contributed by atoms with Crippen LogP contribution < -0.4 is 4.90 Å². The summed E-state index contributed by atoms with van der Waals surface area (Å²) in [6.45, 7) is 0. The number of hydrogen-bond acceptors (Lipinski definition) is 5. The summed E-state index contributed by atoms with van der Waals surface area (Å²) in [5, 5.41) is 0.296. The molecule has 5 nitrogen and oxygen atoms in total. The van der Waals surface area contributed by atoms with Crippen molar-refractivity contribution in [2.45, 2.75) is 0 Å². The van der Waals surface area contributed by atoms with Crippen molar-refractivity contribution in [3.05, 3.63) is 52.5 Å². The van der Waals surface area contributed by atoms with Gasteiger partial charge in [0.1, 0.15) is 16.7 Å². The van der Waals surface area contributed by atoms with Gasteiger partial charge in [-0.2, -0.15) is 8.75 Å². The quantitative estimate of drug-likeness (QED) is 0.647. The van der Waals surface area contributed by atoms with E-state index in [1.54, 1.807) is 36.4 Å². The molecule has 1 aliphatic heterocycles. The van der Waals surface area contributed by atoms with Crippen LogP contribution in [0.2, 0.25) is 5.02 Å². The number of benzene rings is 2. The van der Waals surface area contributed by atoms with E-state index < -0.39 is 11.8 Å². The highest BCUT2D eigenvalue weighted by Crippen LogP contribution is 2.37. The molecule has 0 radical (unpaired) electrons. The van der Waals surface area contributed by atoms with Crippen LogP contribution in [0, 0.1) is 0 Å². The first-order valence-electron chi connectivity index (χ1n) is 6.07. The first-order valence-corrected chi connectivity index (χ1v) is 7.18. The lowest BCUT2D eigenvalue weighted by Gasteiger charge is -2.15. The molecule has 102 valence electrons. The Balaban J connectivity index is 1.99. The SMILES string of the molecule is O=C1c2ccccc2C(=O)N1c1c(Cl)ccc2nsnc12. The molecule has 7 heteroatoms. The van der Waals surface area contributed by atoms with Crippen molar-refractivity contribution in [3.63, 3.8) is 0 Å². The maximum absolute atomic E-state index is 12.5. The molecular weight excluding hydrogens is 310 g/mol. The van der Waals surface area contributed by atoms with Gasteiger partial charge in [0.05, 0.1) is 27.9 Å². The number of imide groups is 1. The highest BCUT2D eigenvalue weighted by Gasteiger charge is 2.38. The van der Waals surface area contributed by atoms with Gasteiger partial charge in [-0.3, -0.25) is 9.59 Å². The van der Waals surface area contributed by atoms with Crippen molar-refractivity contribution in [1.82, 2.24) is 8.75 Å². The number of carbonyl (C=O) groups is 2. The molecule has 1 aromatic heterocycles. The molecular formula is C14H6ClN3O2S. The summed E-state index contributed by atoms with van der Waals surface area (Å²) in [5.74, 6) is -0.781. The van der Waals surface area contributed by atoms with E-state index in [4.69, 9.17) is 11.6 Å². The van der Waals surface area contributed by atoms with Gasteiger partial charge in [0.15, 0.2) is 0 Å². The van der Waals surface area contributed by atoms with E-state index in [2.05, 4.69) is 8.75 Å². The number of rotatable bonds is 1. The minimum absolute atomic E-state index is 0.296. The Hall–Kier alpha value is -2.31. The molecule has 21 heavy (non-hydrogen) atoms. The second-order valence-corrected chi connectivity index (χ2v) is 5.45. The van der Waals surface area contributed by atoms with Crippen LogP contribution in [-0.4, -0.2) is 20.6 Å². The highest BCUT2D eigenvalue weighted by molar-refractivity contribution is 7.00. The normalized spacial score (nSPS) is 14.0. The first-order chi connectivity index (χ1) is 10.2. The summed E-state index contributed by atoms with van der Waals surface area (Å²) in [7, 11) is 0. The van der Waals surface area contributed by atoms with Gasteiger partial charge in [-0.1, -0.05) is 23.7 Å². The highest BCUT2D eigenvalue weighted by atomic mass is 35.5. The lowest BCUT2D eigenvalue weighted by molar-refractivity contribution is 0.0926. The van der Waals surface area contributed by atoms with Gasteiger partial charge >= 0.3 is 0 Å². The smallest absolute Gasteiger partial charge is 0.266 e. The Morgan fingerprint density at radius 1 is 0.952 bits per heavy atom. The third-order valence-corrected chi connectivity index (χ3v) is 4.22. The van der Waals surface area contributed by atoms with Gasteiger partial charge in [0, 0.05) is 0 Å². The van der Waals surface area contributed by atoms with Crippen LogP contribution in [0.4, 0.5) is 5.69 Å². The van der Waals surface area contributed by atoms with Crippen LogP contribution >= 0.6 is 23.3 Å². The van der Waals surface area contributed by atoms with E-state index in [1.807, 2.05) is 0 Å². The molecule has 0 aliphatic carbocycles. The Morgan fingerprint density at radius 3 is 2.29 bits per heavy atom. The number of halogens is 1. The lowest BCUT2D eigenvalue weighted by Crippen LogP contribution is -2.29. The molecule has 3 aromatic rings. The zero-order chi connectivity index (χ0) is 14.6. The van der Waals surface area contributed by atoms with E-state index in [-0.39, 0.29) is 0 Å². The van der Waals surface area contributed by atoms with E-state index >= 15 is 0 Å². The van der Waals surface area contributed by atoms with E-state index in [1.165, 1.54) is 0 Å². The summed E-state index contributed by atoms with van der Waals surface area (Å²) >= 11 is 7.22. The lowest BCUT2D eigenvalue weighted by atomic mass is 10.1. The van der Waals surface area contributed by atoms with Crippen molar-refractivity contribution in [2.75, 3.05) is 4.90 Å². The van der Waals surface area contributed by atoms with Gasteiger partial charge in [0.25, 0.3) is 11.8 Å². The van der Waals surface area contributed by atoms with Gasteiger partial charge < -0.3 is 0 Å². The van der Waals surface area contributed by atoms with Crippen LogP contribution in [0.1, 0.15) is 20.7 Å². The fourth-order valence-electron chi connectivity index (χ4n) is 2.42. The zero-order valence-electron chi connectivity index (χ0n) is 10.4. The maximum Gasteiger partial charge on any atom is 0.266 e.